The lowest BCUT2D eigenvalue weighted by Gasteiger charge is -2.42. The maximum absolute atomic E-state index is 13.6. The van der Waals surface area contributed by atoms with Gasteiger partial charge in [-0.05, 0) is 13.0 Å². The van der Waals surface area contributed by atoms with Gasteiger partial charge in [-0.25, -0.2) is 0 Å². The third-order valence-corrected chi connectivity index (χ3v) is 7.85. The van der Waals surface area contributed by atoms with Gasteiger partial charge in [-0.3, -0.25) is 15.0 Å². The van der Waals surface area contributed by atoms with Crippen molar-refractivity contribution in [3.05, 3.63) is 51.6 Å². The second-order valence-corrected chi connectivity index (χ2v) is 10.2. The summed E-state index contributed by atoms with van der Waals surface area (Å²) in [6.07, 6.45) is -4.89. The number of ketones is 2. The normalized spacial score (nSPS) is 29.8. The molecule has 0 aromatic heterocycles. The molecular formula is C27H30N2O10. The van der Waals surface area contributed by atoms with Crippen LogP contribution in [0.1, 0.15) is 64.0 Å². The molecule has 12 heteroatoms. The maximum atomic E-state index is 13.6. The predicted molar refractivity (Wildman–Crippen MR) is 134 cm³/mol. The quantitative estimate of drug-likeness (QED) is 0.216. The zero-order valence-corrected chi connectivity index (χ0v) is 21.3. The molecule has 39 heavy (non-hydrogen) atoms. The van der Waals surface area contributed by atoms with Crippen LogP contribution in [0.5, 0.6) is 17.2 Å². The molecule has 2 aliphatic carbocycles. The summed E-state index contributed by atoms with van der Waals surface area (Å²) in [4.78, 5) is 26.2. The SMILES string of the molecule is COc1cccc2c1C(=N)c1c(O)c3c(c(O)c1C2=O)CC(O)(C(=O)CO)CC3OC1CC(N)C(O)C(C)O1. The molecule has 6 atom stereocenters. The summed E-state index contributed by atoms with van der Waals surface area (Å²) in [5.41, 5.74) is 2.98. The Morgan fingerprint density at radius 2 is 1.95 bits per heavy atom. The van der Waals surface area contributed by atoms with Gasteiger partial charge in [0.25, 0.3) is 0 Å². The van der Waals surface area contributed by atoms with E-state index in [0.29, 0.717) is 0 Å². The van der Waals surface area contributed by atoms with Crippen LogP contribution < -0.4 is 10.5 Å². The van der Waals surface area contributed by atoms with E-state index < -0.39 is 78.8 Å². The van der Waals surface area contributed by atoms with Gasteiger partial charge in [0, 0.05) is 42.0 Å². The predicted octanol–water partition coefficient (Wildman–Crippen LogP) is 0.186. The average molecular weight is 543 g/mol. The van der Waals surface area contributed by atoms with Gasteiger partial charge in [0.1, 0.15) is 29.5 Å². The first-order valence-corrected chi connectivity index (χ1v) is 12.5. The van der Waals surface area contributed by atoms with E-state index in [2.05, 4.69) is 0 Å². The molecule has 5 rings (SSSR count). The Bertz CT molecular complexity index is 1380. The molecule has 0 spiro atoms. The summed E-state index contributed by atoms with van der Waals surface area (Å²) < 4.78 is 17.1. The Morgan fingerprint density at radius 3 is 2.59 bits per heavy atom. The number of aliphatic hydroxyl groups excluding tert-OH is 2. The van der Waals surface area contributed by atoms with Gasteiger partial charge in [-0.1, -0.05) is 12.1 Å². The number of carbonyl (C=O) groups is 2. The van der Waals surface area contributed by atoms with E-state index in [1.807, 2.05) is 0 Å². The summed E-state index contributed by atoms with van der Waals surface area (Å²) in [5, 5.41) is 62.7. The Balaban J connectivity index is 1.69. The summed E-state index contributed by atoms with van der Waals surface area (Å²) in [6.45, 7) is 0.596. The van der Waals surface area contributed by atoms with Crippen molar-refractivity contribution in [1.82, 2.24) is 0 Å². The highest BCUT2D eigenvalue weighted by Gasteiger charge is 2.49. The number of aromatic hydroxyl groups is 2. The van der Waals surface area contributed by atoms with Gasteiger partial charge in [0.2, 0.25) is 0 Å². The second-order valence-electron chi connectivity index (χ2n) is 10.2. The van der Waals surface area contributed by atoms with Crippen LogP contribution in [0, 0.1) is 5.41 Å². The number of benzene rings is 2. The standard InChI is InChI=1S/C27H30N2O10/c1-10-23(32)13(28)6-17(38-10)39-15-8-27(36,16(31)9-30)7-12-19(15)26(35)20-21(25(12)34)24(33)11-4-3-5-14(37-2)18(11)22(20)29/h3-5,10,13,15,17,23,29-30,32,34-36H,6-9,28H2,1-2H3. The van der Waals surface area contributed by atoms with Gasteiger partial charge in [0.05, 0.1) is 47.8 Å². The Hall–Kier alpha value is -3.39. The molecule has 0 radical (unpaired) electrons. The molecule has 2 aromatic carbocycles. The van der Waals surface area contributed by atoms with E-state index in [1.54, 1.807) is 19.1 Å². The van der Waals surface area contributed by atoms with E-state index in [9.17, 15) is 35.1 Å². The largest absolute Gasteiger partial charge is 0.507 e. The first-order chi connectivity index (χ1) is 18.4. The van der Waals surface area contributed by atoms with Crippen molar-refractivity contribution in [2.75, 3.05) is 13.7 Å². The number of carbonyl (C=O) groups excluding carboxylic acids is 2. The fourth-order valence-corrected chi connectivity index (χ4v) is 5.80. The van der Waals surface area contributed by atoms with E-state index in [-0.39, 0.29) is 51.3 Å². The Labute approximate surface area is 223 Å². The first-order valence-electron chi connectivity index (χ1n) is 12.5. The van der Waals surface area contributed by atoms with Crippen molar-refractivity contribution in [3.8, 4) is 17.2 Å². The topological polar surface area (TPSA) is 213 Å². The maximum Gasteiger partial charge on any atom is 0.198 e. The van der Waals surface area contributed by atoms with Gasteiger partial charge < -0.3 is 45.5 Å². The van der Waals surface area contributed by atoms with Gasteiger partial charge in [0.15, 0.2) is 17.9 Å². The number of aliphatic hydroxyl groups is 3. The van der Waals surface area contributed by atoms with E-state index in [4.69, 9.17) is 25.4 Å². The molecule has 8 N–H and O–H groups in total. The van der Waals surface area contributed by atoms with Crippen LogP contribution in [-0.2, 0) is 20.7 Å². The molecule has 1 aliphatic heterocycles. The number of hydrogen-bond acceptors (Lipinski definition) is 12. The molecule has 12 nitrogen and oxygen atoms in total. The van der Waals surface area contributed by atoms with Crippen molar-refractivity contribution in [3.63, 3.8) is 0 Å². The number of ether oxygens (including phenoxy) is 3. The van der Waals surface area contributed by atoms with Crippen molar-refractivity contribution in [1.29, 1.82) is 5.41 Å². The number of fused-ring (bicyclic) bond motifs is 3. The highest BCUT2D eigenvalue weighted by Crippen LogP contribution is 2.52. The lowest BCUT2D eigenvalue weighted by atomic mass is 9.71. The molecule has 6 unspecified atom stereocenters. The van der Waals surface area contributed by atoms with Crippen molar-refractivity contribution >= 4 is 17.3 Å². The number of nitrogens with two attached hydrogens (primary N) is 1. The third-order valence-electron chi connectivity index (χ3n) is 7.85. The van der Waals surface area contributed by atoms with Crippen LogP contribution in [0.15, 0.2) is 18.2 Å². The number of nitrogens with one attached hydrogen (secondary N) is 1. The zero-order valence-electron chi connectivity index (χ0n) is 21.3. The summed E-state index contributed by atoms with van der Waals surface area (Å²) in [7, 11) is 1.38. The fourth-order valence-electron chi connectivity index (χ4n) is 5.80. The highest BCUT2D eigenvalue weighted by atomic mass is 16.7. The van der Waals surface area contributed by atoms with Crippen molar-refractivity contribution in [2.24, 2.45) is 5.73 Å². The summed E-state index contributed by atoms with van der Waals surface area (Å²) >= 11 is 0. The van der Waals surface area contributed by atoms with Crippen LogP contribution in [0.4, 0.5) is 0 Å². The van der Waals surface area contributed by atoms with Gasteiger partial charge in [-0.2, -0.15) is 0 Å². The van der Waals surface area contributed by atoms with Crippen LogP contribution >= 0.6 is 0 Å². The number of rotatable bonds is 5. The summed E-state index contributed by atoms with van der Waals surface area (Å²) in [6, 6.07) is 3.87. The minimum absolute atomic E-state index is 0.0338. The molecule has 2 aromatic rings. The van der Waals surface area contributed by atoms with E-state index in [1.165, 1.54) is 13.2 Å². The van der Waals surface area contributed by atoms with Crippen LogP contribution in [0.25, 0.3) is 0 Å². The van der Waals surface area contributed by atoms with Crippen LogP contribution in [0.3, 0.4) is 0 Å². The molecule has 0 saturated carbocycles. The number of methoxy groups -OCH3 is 1. The minimum atomic E-state index is -2.21. The monoisotopic (exact) mass is 542 g/mol. The lowest BCUT2D eigenvalue weighted by Crippen LogP contribution is -2.53. The van der Waals surface area contributed by atoms with Gasteiger partial charge >= 0.3 is 0 Å². The van der Waals surface area contributed by atoms with Crippen LogP contribution in [-0.4, -0.2) is 86.7 Å². The molecule has 1 heterocycles. The molecule has 208 valence electrons. The van der Waals surface area contributed by atoms with E-state index in [0.717, 1.165) is 0 Å². The molecule has 1 saturated heterocycles. The van der Waals surface area contributed by atoms with Crippen molar-refractivity contribution in [2.45, 2.75) is 62.4 Å². The van der Waals surface area contributed by atoms with Crippen LogP contribution in [0.2, 0.25) is 0 Å². The second kappa shape index (κ2) is 9.66. The number of hydrogen-bond donors (Lipinski definition) is 7. The van der Waals surface area contributed by atoms with E-state index >= 15 is 0 Å². The Morgan fingerprint density at radius 1 is 1.23 bits per heavy atom. The molecular weight excluding hydrogens is 512 g/mol. The Kier molecular flexibility index (Phi) is 6.74. The number of Topliss-reactive ketones (excluding diaryl/α,β-unsaturated/α-hetero) is 1. The molecule has 3 aliphatic rings. The van der Waals surface area contributed by atoms with Gasteiger partial charge in [-0.15, -0.1) is 0 Å². The highest BCUT2D eigenvalue weighted by molar-refractivity contribution is 6.32. The third kappa shape index (κ3) is 4.11. The molecule has 0 amide bonds. The van der Waals surface area contributed by atoms with Crippen molar-refractivity contribution < 1.29 is 49.3 Å². The molecule has 1 fully saturated rings. The minimum Gasteiger partial charge on any atom is -0.507 e. The summed E-state index contributed by atoms with van der Waals surface area (Å²) in [5.74, 6) is -2.57. The zero-order chi connectivity index (χ0) is 28.4. The smallest absolute Gasteiger partial charge is 0.198 e. The number of phenols is 2. The number of phenolic OH excluding ortho intramolecular Hbond substituents is 2. The first kappa shape index (κ1) is 27.2. The fraction of sp³-hybridized carbons (Fsp3) is 0.444. The molecule has 0 bridgehead atoms. The average Bonchev–Trinajstić information content (AvgIpc) is 2.90. The lowest BCUT2D eigenvalue weighted by molar-refractivity contribution is -0.247.